The van der Waals surface area contributed by atoms with Gasteiger partial charge in [0, 0.05) is 17.5 Å². The second kappa shape index (κ2) is 7.69. The number of benzene rings is 3. The number of hydrogen-bond donors (Lipinski definition) is 0. The zero-order valence-electron chi connectivity index (χ0n) is 16.3. The zero-order valence-corrected chi connectivity index (χ0v) is 17.0. The van der Waals surface area contributed by atoms with E-state index in [1.807, 2.05) is 60.7 Å². The molecular weight excluding hydrogens is 382 g/mol. The summed E-state index contributed by atoms with van der Waals surface area (Å²) < 4.78 is 0. The molecule has 0 atom stereocenters. The van der Waals surface area contributed by atoms with Gasteiger partial charge in [0.2, 0.25) is 5.91 Å². The molecule has 1 heterocycles. The zero-order chi connectivity index (χ0) is 20.5. The quantitative estimate of drug-likeness (QED) is 0.476. The summed E-state index contributed by atoms with van der Waals surface area (Å²) in [6.07, 6.45) is 4.06. The van der Waals surface area contributed by atoms with Crippen LogP contribution in [0.2, 0.25) is 5.02 Å². The van der Waals surface area contributed by atoms with Gasteiger partial charge in [-0.1, -0.05) is 66.2 Å². The molecule has 3 aromatic carbocycles. The largest absolute Gasteiger partial charge is 0.308 e. The SMILES string of the molecule is CC(=O)c1ccccc1-c1ccc2c(c1)CN(C(C)=O)c1cc(Cl)ccc1C=C2. The highest BCUT2D eigenvalue weighted by Crippen LogP contribution is 2.33. The lowest BCUT2D eigenvalue weighted by Gasteiger charge is -2.26. The number of Topliss-reactive ketones (excluding diaryl/α,β-unsaturated/α-hetero) is 1. The van der Waals surface area contributed by atoms with Crippen LogP contribution in [-0.2, 0) is 11.3 Å². The number of amides is 1. The standard InChI is InChI=1S/C25H20ClNO2/c1-16(28)23-5-3-4-6-24(23)20-10-8-18-7-9-19-11-12-22(26)14-25(19)27(17(2)29)15-21(18)13-20/h3-14H,15H2,1-2H3. The van der Waals surface area contributed by atoms with Gasteiger partial charge in [-0.05, 0) is 52.9 Å². The average Bonchev–Trinajstić information content (AvgIpc) is 2.69. The molecule has 0 fully saturated rings. The van der Waals surface area contributed by atoms with Crippen molar-refractivity contribution >= 4 is 41.1 Å². The Hall–Kier alpha value is -3.17. The normalized spacial score (nSPS) is 12.6. The fourth-order valence-corrected chi connectivity index (χ4v) is 3.89. The summed E-state index contributed by atoms with van der Waals surface area (Å²) in [5.74, 6) is -0.0227. The van der Waals surface area contributed by atoms with Crippen molar-refractivity contribution < 1.29 is 9.59 Å². The Bertz CT molecular complexity index is 1160. The molecule has 0 bridgehead atoms. The van der Waals surface area contributed by atoms with E-state index in [0.717, 1.165) is 33.5 Å². The Labute approximate surface area is 175 Å². The summed E-state index contributed by atoms with van der Waals surface area (Å²) in [5, 5.41) is 0.591. The lowest BCUT2D eigenvalue weighted by atomic mass is 9.93. The van der Waals surface area contributed by atoms with Crippen molar-refractivity contribution in [2.45, 2.75) is 20.4 Å². The summed E-state index contributed by atoms with van der Waals surface area (Å²) >= 11 is 6.20. The van der Waals surface area contributed by atoms with Crippen molar-refractivity contribution in [2.75, 3.05) is 4.90 Å². The van der Waals surface area contributed by atoms with Gasteiger partial charge in [0.15, 0.2) is 5.78 Å². The minimum Gasteiger partial charge on any atom is -0.308 e. The average molecular weight is 402 g/mol. The lowest BCUT2D eigenvalue weighted by Crippen LogP contribution is -2.29. The highest BCUT2D eigenvalue weighted by molar-refractivity contribution is 6.31. The topological polar surface area (TPSA) is 37.4 Å². The van der Waals surface area contributed by atoms with Gasteiger partial charge in [-0.3, -0.25) is 9.59 Å². The second-order valence-electron chi connectivity index (χ2n) is 7.16. The third-order valence-corrected chi connectivity index (χ3v) is 5.43. The molecule has 1 aliphatic rings. The molecule has 0 unspecified atom stereocenters. The maximum Gasteiger partial charge on any atom is 0.224 e. The molecule has 29 heavy (non-hydrogen) atoms. The van der Waals surface area contributed by atoms with E-state index in [2.05, 4.69) is 12.1 Å². The van der Waals surface area contributed by atoms with Gasteiger partial charge in [-0.15, -0.1) is 0 Å². The van der Waals surface area contributed by atoms with Crippen molar-refractivity contribution in [1.82, 2.24) is 0 Å². The van der Waals surface area contributed by atoms with Crippen LogP contribution in [0.25, 0.3) is 23.3 Å². The molecule has 144 valence electrons. The molecule has 0 aromatic heterocycles. The number of fused-ring (bicyclic) bond motifs is 2. The molecule has 0 N–H and O–H groups in total. The molecule has 0 aliphatic carbocycles. The number of halogens is 1. The van der Waals surface area contributed by atoms with Crippen LogP contribution in [0.4, 0.5) is 5.69 Å². The Kier molecular flexibility index (Phi) is 5.08. The molecule has 0 saturated heterocycles. The van der Waals surface area contributed by atoms with Crippen LogP contribution in [0, 0.1) is 0 Å². The molecule has 3 aromatic rings. The smallest absolute Gasteiger partial charge is 0.224 e. The van der Waals surface area contributed by atoms with Gasteiger partial charge in [0.1, 0.15) is 0 Å². The molecule has 1 amide bonds. The van der Waals surface area contributed by atoms with E-state index in [1.54, 1.807) is 18.7 Å². The number of ketones is 1. The molecule has 3 nitrogen and oxygen atoms in total. The first-order valence-electron chi connectivity index (χ1n) is 9.43. The Balaban J connectivity index is 1.86. The van der Waals surface area contributed by atoms with Crippen LogP contribution in [0.3, 0.4) is 0 Å². The summed E-state index contributed by atoms with van der Waals surface area (Å²) in [5.41, 5.74) is 6.33. The van der Waals surface area contributed by atoms with Crippen molar-refractivity contribution in [2.24, 2.45) is 0 Å². The van der Waals surface area contributed by atoms with Gasteiger partial charge in [-0.25, -0.2) is 0 Å². The first-order valence-corrected chi connectivity index (χ1v) is 9.81. The monoisotopic (exact) mass is 401 g/mol. The van der Waals surface area contributed by atoms with E-state index in [1.165, 1.54) is 0 Å². The molecule has 1 aliphatic heterocycles. The van der Waals surface area contributed by atoms with Crippen LogP contribution in [0.1, 0.15) is 40.9 Å². The van der Waals surface area contributed by atoms with Crippen molar-refractivity contribution in [1.29, 1.82) is 0 Å². The number of hydrogen-bond acceptors (Lipinski definition) is 2. The maximum absolute atomic E-state index is 12.5. The third-order valence-electron chi connectivity index (χ3n) is 5.19. The van der Waals surface area contributed by atoms with Crippen molar-refractivity contribution in [3.05, 3.63) is 87.9 Å². The van der Waals surface area contributed by atoms with E-state index in [0.29, 0.717) is 17.1 Å². The van der Waals surface area contributed by atoms with Gasteiger partial charge in [-0.2, -0.15) is 0 Å². The number of carbonyl (C=O) groups excluding carboxylic acids is 2. The molecule has 0 radical (unpaired) electrons. The van der Waals surface area contributed by atoms with Crippen molar-refractivity contribution in [3.63, 3.8) is 0 Å². The fraction of sp³-hybridized carbons (Fsp3) is 0.120. The number of carbonyl (C=O) groups is 2. The first kappa shape index (κ1) is 19.2. The first-order chi connectivity index (χ1) is 13.9. The third kappa shape index (κ3) is 3.74. The Morgan fingerprint density at radius 3 is 2.38 bits per heavy atom. The summed E-state index contributed by atoms with van der Waals surface area (Å²) in [7, 11) is 0. The number of anilines is 1. The van der Waals surface area contributed by atoms with Crippen LogP contribution < -0.4 is 4.90 Å². The second-order valence-corrected chi connectivity index (χ2v) is 7.59. The predicted octanol–water partition coefficient (Wildman–Crippen LogP) is 6.25. The molecule has 4 rings (SSSR count). The van der Waals surface area contributed by atoms with E-state index in [-0.39, 0.29) is 11.7 Å². The minimum absolute atomic E-state index is 0.0289. The minimum atomic E-state index is -0.0516. The van der Waals surface area contributed by atoms with Crippen LogP contribution >= 0.6 is 11.6 Å². The highest BCUT2D eigenvalue weighted by atomic mass is 35.5. The molecule has 0 spiro atoms. The summed E-state index contributed by atoms with van der Waals surface area (Å²) in [6, 6.07) is 19.3. The van der Waals surface area contributed by atoms with Gasteiger partial charge < -0.3 is 4.90 Å². The maximum atomic E-state index is 12.5. The predicted molar refractivity (Wildman–Crippen MR) is 119 cm³/mol. The summed E-state index contributed by atoms with van der Waals surface area (Å²) in [6.45, 7) is 3.57. The summed E-state index contributed by atoms with van der Waals surface area (Å²) in [4.78, 5) is 26.3. The van der Waals surface area contributed by atoms with Gasteiger partial charge in [0.05, 0.1) is 12.2 Å². The molecule has 4 heteroatoms. The van der Waals surface area contributed by atoms with E-state index < -0.39 is 0 Å². The van der Waals surface area contributed by atoms with Crippen LogP contribution in [0.15, 0.2) is 60.7 Å². The Morgan fingerprint density at radius 2 is 1.62 bits per heavy atom. The van der Waals surface area contributed by atoms with Crippen LogP contribution in [0.5, 0.6) is 0 Å². The van der Waals surface area contributed by atoms with E-state index in [4.69, 9.17) is 11.6 Å². The number of rotatable bonds is 2. The van der Waals surface area contributed by atoms with Gasteiger partial charge >= 0.3 is 0 Å². The molecular formula is C25H20ClNO2. The van der Waals surface area contributed by atoms with Crippen molar-refractivity contribution in [3.8, 4) is 11.1 Å². The van der Waals surface area contributed by atoms with E-state index in [9.17, 15) is 9.59 Å². The number of nitrogens with zero attached hydrogens (tertiary/aromatic N) is 1. The van der Waals surface area contributed by atoms with Crippen LogP contribution in [-0.4, -0.2) is 11.7 Å². The fourth-order valence-electron chi connectivity index (χ4n) is 3.72. The highest BCUT2D eigenvalue weighted by Gasteiger charge is 2.20. The van der Waals surface area contributed by atoms with Gasteiger partial charge in [0.25, 0.3) is 0 Å². The molecule has 0 saturated carbocycles. The Morgan fingerprint density at radius 1 is 0.897 bits per heavy atom. The van der Waals surface area contributed by atoms with E-state index >= 15 is 0 Å². The lowest BCUT2D eigenvalue weighted by molar-refractivity contribution is -0.116.